The first-order chi connectivity index (χ1) is 13.2. The summed E-state index contributed by atoms with van der Waals surface area (Å²) in [5, 5.41) is 2.01. The largest absolute Gasteiger partial charge is 0.493 e. The Morgan fingerprint density at radius 3 is 2.54 bits per heavy atom. The molecule has 1 unspecified atom stereocenters. The highest BCUT2D eigenvalue weighted by Gasteiger charge is 2.39. The van der Waals surface area contributed by atoms with E-state index < -0.39 is 16.5 Å². The summed E-state index contributed by atoms with van der Waals surface area (Å²) in [5.74, 6) is 0.568. The maximum atomic E-state index is 12.9. The summed E-state index contributed by atoms with van der Waals surface area (Å²) in [6.07, 6.45) is 1.62. The molecule has 0 aromatic heterocycles. The molecule has 1 amide bonds. The standard InChI is InChI=1S/C22H27Cl2NO3/c1-5-6-11-27-18-12-17-19(15-10-8-7-9-14(15)18)16(20(23)24)13-25(17)21(26)28-22(2,3)4/h7-10,12,16,20H,5-6,11,13H2,1-4H3. The smallest absolute Gasteiger partial charge is 0.414 e. The Bertz CT molecular complexity index is 861. The minimum absolute atomic E-state index is 0.194. The molecule has 3 rings (SSSR count). The van der Waals surface area contributed by atoms with Gasteiger partial charge in [-0.3, -0.25) is 4.90 Å². The lowest BCUT2D eigenvalue weighted by atomic mass is 9.95. The van der Waals surface area contributed by atoms with Gasteiger partial charge in [-0.1, -0.05) is 37.6 Å². The van der Waals surface area contributed by atoms with Crippen molar-refractivity contribution in [2.24, 2.45) is 0 Å². The Morgan fingerprint density at radius 2 is 1.93 bits per heavy atom. The highest BCUT2D eigenvalue weighted by atomic mass is 35.5. The van der Waals surface area contributed by atoms with Crippen LogP contribution in [0.2, 0.25) is 0 Å². The van der Waals surface area contributed by atoms with Crippen LogP contribution in [0.25, 0.3) is 10.8 Å². The molecule has 1 aliphatic rings. The van der Waals surface area contributed by atoms with Gasteiger partial charge in [0.15, 0.2) is 0 Å². The van der Waals surface area contributed by atoms with Gasteiger partial charge in [0, 0.05) is 23.9 Å². The average molecular weight is 424 g/mol. The second kappa shape index (κ2) is 8.38. The fourth-order valence-corrected chi connectivity index (χ4v) is 3.90. The minimum atomic E-state index is -0.638. The number of ether oxygens (including phenoxy) is 2. The van der Waals surface area contributed by atoms with Gasteiger partial charge >= 0.3 is 6.09 Å². The Hall–Kier alpha value is -1.65. The number of carbonyl (C=O) groups excluding carboxylic acids is 1. The molecule has 0 spiro atoms. The van der Waals surface area contributed by atoms with Crippen LogP contribution in [0, 0.1) is 0 Å². The van der Waals surface area contributed by atoms with Gasteiger partial charge in [0.05, 0.1) is 12.3 Å². The average Bonchev–Trinajstić information content (AvgIpc) is 3.00. The molecule has 0 aliphatic carbocycles. The first-order valence-corrected chi connectivity index (χ1v) is 10.6. The van der Waals surface area contributed by atoms with Crippen LogP contribution in [0.3, 0.4) is 0 Å². The number of unbranched alkanes of at least 4 members (excludes halogenated alkanes) is 1. The van der Waals surface area contributed by atoms with Gasteiger partial charge in [0.25, 0.3) is 0 Å². The van der Waals surface area contributed by atoms with Gasteiger partial charge in [-0.05, 0) is 38.1 Å². The number of halogens is 2. The van der Waals surface area contributed by atoms with Crippen molar-refractivity contribution in [2.75, 3.05) is 18.1 Å². The van der Waals surface area contributed by atoms with Gasteiger partial charge < -0.3 is 9.47 Å². The van der Waals surface area contributed by atoms with Gasteiger partial charge in [-0.15, -0.1) is 23.2 Å². The van der Waals surface area contributed by atoms with Crippen LogP contribution in [-0.2, 0) is 4.74 Å². The third-order valence-corrected chi connectivity index (χ3v) is 5.35. The lowest BCUT2D eigenvalue weighted by Gasteiger charge is -2.25. The first-order valence-electron chi connectivity index (χ1n) is 9.70. The molecule has 1 heterocycles. The first kappa shape index (κ1) is 21.1. The van der Waals surface area contributed by atoms with Gasteiger partial charge in [0.1, 0.15) is 16.2 Å². The highest BCUT2D eigenvalue weighted by Crippen LogP contribution is 2.48. The van der Waals surface area contributed by atoms with Crippen molar-refractivity contribution >= 4 is 45.8 Å². The Morgan fingerprint density at radius 1 is 1.25 bits per heavy atom. The highest BCUT2D eigenvalue weighted by molar-refractivity contribution is 6.45. The van der Waals surface area contributed by atoms with Crippen molar-refractivity contribution in [3.8, 4) is 5.75 Å². The number of hydrogen-bond acceptors (Lipinski definition) is 3. The summed E-state index contributed by atoms with van der Waals surface area (Å²) in [6, 6.07) is 9.94. The Balaban J connectivity index is 2.12. The van der Waals surface area contributed by atoms with E-state index in [9.17, 15) is 4.79 Å². The quantitative estimate of drug-likeness (QED) is 0.398. The predicted octanol–water partition coefficient (Wildman–Crippen LogP) is 6.66. The molecule has 0 radical (unpaired) electrons. The van der Waals surface area contributed by atoms with Crippen molar-refractivity contribution in [1.29, 1.82) is 0 Å². The van der Waals surface area contributed by atoms with Gasteiger partial charge in [-0.2, -0.15) is 0 Å². The molecule has 0 saturated heterocycles. The van der Waals surface area contributed by atoms with Crippen molar-refractivity contribution in [3.05, 3.63) is 35.9 Å². The summed E-state index contributed by atoms with van der Waals surface area (Å²) >= 11 is 12.6. The molecule has 0 N–H and O–H groups in total. The van der Waals surface area contributed by atoms with Crippen molar-refractivity contribution in [1.82, 2.24) is 0 Å². The molecule has 28 heavy (non-hydrogen) atoms. The molecule has 2 aromatic rings. The molecule has 152 valence electrons. The molecule has 1 atom stereocenters. The fourth-order valence-electron chi connectivity index (χ4n) is 3.49. The van der Waals surface area contributed by atoms with Crippen molar-refractivity contribution in [2.45, 2.75) is 56.9 Å². The number of fused-ring (bicyclic) bond motifs is 3. The lowest BCUT2D eigenvalue weighted by Crippen LogP contribution is -2.36. The molecule has 0 saturated carbocycles. The summed E-state index contributed by atoms with van der Waals surface area (Å²) in [6.45, 7) is 8.69. The molecule has 2 aromatic carbocycles. The third kappa shape index (κ3) is 4.33. The van der Waals surface area contributed by atoms with E-state index in [1.54, 1.807) is 4.90 Å². The SMILES string of the molecule is CCCCOc1cc2c(c3ccccc13)C(C(Cl)Cl)CN2C(=O)OC(C)(C)C. The van der Waals surface area contributed by atoms with Crippen molar-refractivity contribution in [3.63, 3.8) is 0 Å². The van der Waals surface area contributed by atoms with E-state index in [2.05, 4.69) is 6.92 Å². The lowest BCUT2D eigenvalue weighted by molar-refractivity contribution is 0.0582. The van der Waals surface area contributed by atoms with E-state index in [1.807, 2.05) is 51.1 Å². The van der Waals surface area contributed by atoms with E-state index in [-0.39, 0.29) is 5.92 Å². The zero-order chi connectivity index (χ0) is 20.5. The zero-order valence-corrected chi connectivity index (χ0v) is 18.3. The topological polar surface area (TPSA) is 38.8 Å². The summed E-state index contributed by atoms with van der Waals surface area (Å²) < 4.78 is 11.7. The minimum Gasteiger partial charge on any atom is -0.493 e. The number of carbonyl (C=O) groups is 1. The van der Waals surface area contributed by atoms with E-state index in [0.717, 1.165) is 40.6 Å². The summed E-state index contributed by atoms with van der Waals surface area (Å²) in [5.41, 5.74) is 1.14. The maximum Gasteiger partial charge on any atom is 0.414 e. The zero-order valence-electron chi connectivity index (χ0n) is 16.8. The van der Waals surface area contributed by atoms with Crippen LogP contribution < -0.4 is 9.64 Å². The number of nitrogens with zero attached hydrogens (tertiary/aromatic N) is 1. The van der Waals surface area contributed by atoms with E-state index in [1.165, 1.54) is 0 Å². The second-order valence-corrected chi connectivity index (χ2v) is 9.25. The molecule has 6 heteroatoms. The Labute approximate surface area is 176 Å². The number of alkyl halides is 2. The van der Waals surface area contributed by atoms with Crippen LogP contribution in [0.5, 0.6) is 5.75 Å². The maximum absolute atomic E-state index is 12.9. The predicted molar refractivity (Wildman–Crippen MR) is 116 cm³/mol. The molecule has 0 fully saturated rings. The number of amides is 1. The van der Waals surface area contributed by atoms with Crippen LogP contribution in [0.1, 0.15) is 52.0 Å². The molecular weight excluding hydrogens is 397 g/mol. The molecular formula is C22H27Cl2NO3. The molecule has 4 nitrogen and oxygen atoms in total. The number of anilines is 1. The summed E-state index contributed by atoms with van der Waals surface area (Å²) in [4.78, 5) is 13.9. The van der Waals surface area contributed by atoms with Crippen LogP contribution in [0.4, 0.5) is 10.5 Å². The number of rotatable bonds is 5. The van der Waals surface area contributed by atoms with Crippen LogP contribution in [0.15, 0.2) is 30.3 Å². The van der Waals surface area contributed by atoms with Crippen molar-refractivity contribution < 1.29 is 14.3 Å². The van der Waals surface area contributed by atoms with Crippen LogP contribution >= 0.6 is 23.2 Å². The normalized spacial score (nSPS) is 16.5. The Kier molecular flexibility index (Phi) is 6.31. The number of hydrogen-bond donors (Lipinski definition) is 0. The van der Waals surface area contributed by atoms with E-state index in [4.69, 9.17) is 32.7 Å². The van der Waals surface area contributed by atoms with E-state index >= 15 is 0 Å². The van der Waals surface area contributed by atoms with Gasteiger partial charge in [-0.25, -0.2) is 4.79 Å². The summed E-state index contributed by atoms with van der Waals surface area (Å²) in [7, 11) is 0. The van der Waals surface area contributed by atoms with Crippen LogP contribution in [-0.4, -0.2) is 29.7 Å². The number of benzene rings is 2. The second-order valence-electron chi connectivity index (χ2n) is 8.09. The fraction of sp³-hybridized carbons (Fsp3) is 0.500. The van der Waals surface area contributed by atoms with E-state index in [0.29, 0.717) is 13.2 Å². The monoisotopic (exact) mass is 423 g/mol. The molecule has 1 aliphatic heterocycles. The van der Waals surface area contributed by atoms with Gasteiger partial charge in [0.2, 0.25) is 0 Å². The molecule has 0 bridgehead atoms. The third-order valence-electron chi connectivity index (χ3n) is 4.74.